The average molecular weight is 331 g/mol. The minimum absolute atomic E-state index is 0.332. The molecular weight excluding hydrogens is 305 g/mol. The Bertz CT molecular complexity index is 691. The number of aromatic nitrogens is 1. The molecule has 24 heavy (non-hydrogen) atoms. The summed E-state index contributed by atoms with van der Waals surface area (Å²) in [4.78, 5) is 13.5. The maximum atomic E-state index is 14.3. The van der Waals surface area contributed by atoms with Gasteiger partial charge in [0.15, 0.2) is 11.5 Å². The van der Waals surface area contributed by atoms with Gasteiger partial charge >= 0.3 is 5.97 Å². The zero-order valence-electron chi connectivity index (χ0n) is 14.5. The standard InChI is InChI=1S/C20H26FNO2/c1-3-5-6-7-8-9-14-10-11-16(15(4-2)12-14)17-13-22-19(18(17)21)20(23)24/h10-13,22H,3-9H2,1-2H3,(H,23,24). The molecule has 1 aromatic heterocycles. The van der Waals surface area contributed by atoms with Gasteiger partial charge in [-0.2, -0.15) is 0 Å². The third-order valence-electron chi connectivity index (χ3n) is 4.44. The SMILES string of the molecule is CCCCCCCc1ccc(-c2c[nH]c(C(=O)O)c2F)c(CC)c1. The van der Waals surface area contributed by atoms with Crippen molar-refractivity contribution in [2.24, 2.45) is 0 Å². The summed E-state index contributed by atoms with van der Waals surface area (Å²) in [5.41, 5.74) is 3.04. The van der Waals surface area contributed by atoms with Crippen LogP contribution < -0.4 is 0 Å². The van der Waals surface area contributed by atoms with E-state index in [0.29, 0.717) is 5.56 Å². The molecule has 2 aromatic rings. The maximum absolute atomic E-state index is 14.3. The number of carbonyl (C=O) groups is 1. The maximum Gasteiger partial charge on any atom is 0.355 e. The van der Waals surface area contributed by atoms with Crippen LogP contribution in [-0.2, 0) is 12.8 Å². The monoisotopic (exact) mass is 331 g/mol. The summed E-state index contributed by atoms with van der Waals surface area (Å²) >= 11 is 0. The van der Waals surface area contributed by atoms with Crippen molar-refractivity contribution in [3.8, 4) is 11.1 Å². The Kier molecular flexibility index (Phi) is 6.59. The number of H-pyrrole nitrogens is 1. The molecular formula is C20H26FNO2. The number of unbranched alkanes of at least 4 members (excludes halogenated alkanes) is 4. The number of nitrogens with one attached hydrogen (secondary N) is 1. The largest absolute Gasteiger partial charge is 0.476 e. The number of halogens is 1. The summed E-state index contributed by atoms with van der Waals surface area (Å²) in [6, 6.07) is 6.07. The topological polar surface area (TPSA) is 53.1 Å². The van der Waals surface area contributed by atoms with Gasteiger partial charge in [-0.1, -0.05) is 57.7 Å². The van der Waals surface area contributed by atoms with Gasteiger partial charge in [0, 0.05) is 11.8 Å². The molecule has 1 aromatic carbocycles. The number of carboxylic acids is 1. The van der Waals surface area contributed by atoms with Crippen LogP contribution in [0.1, 0.15) is 67.6 Å². The van der Waals surface area contributed by atoms with Crippen molar-refractivity contribution < 1.29 is 14.3 Å². The highest BCUT2D eigenvalue weighted by Gasteiger charge is 2.19. The zero-order valence-corrected chi connectivity index (χ0v) is 14.5. The fourth-order valence-corrected chi connectivity index (χ4v) is 3.05. The summed E-state index contributed by atoms with van der Waals surface area (Å²) < 4.78 is 14.3. The first-order valence-corrected chi connectivity index (χ1v) is 8.80. The highest BCUT2D eigenvalue weighted by molar-refractivity contribution is 5.88. The molecule has 3 nitrogen and oxygen atoms in total. The molecule has 0 aliphatic rings. The predicted octanol–water partition coefficient (Wildman–Crippen LogP) is 5.59. The van der Waals surface area contributed by atoms with Gasteiger partial charge in [-0.3, -0.25) is 0 Å². The molecule has 0 radical (unpaired) electrons. The van der Waals surface area contributed by atoms with Crippen molar-refractivity contribution in [2.45, 2.75) is 58.8 Å². The van der Waals surface area contributed by atoms with E-state index in [1.54, 1.807) is 0 Å². The third kappa shape index (κ3) is 4.25. The van der Waals surface area contributed by atoms with Crippen LogP contribution in [0.25, 0.3) is 11.1 Å². The zero-order chi connectivity index (χ0) is 17.5. The summed E-state index contributed by atoms with van der Waals surface area (Å²) in [5.74, 6) is -1.97. The molecule has 0 amide bonds. The van der Waals surface area contributed by atoms with Crippen molar-refractivity contribution in [1.29, 1.82) is 0 Å². The van der Waals surface area contributed by atoms with E-state index >= 15 is 0 Å². The Morgan fingerprint density at radius 3 is 2.50 bits per heavy atom. The molecule has 0 aliphatic carbocycles. The van der Waals surface area contributed by atoms with Gasteiger partial charge in [0.2, 0.25) is 0 Å². The van der Waals surface area contributed by atoms with Gasteiger partial charge in [-0.05, 0) is 36.0 Å². The molecule has 1 heterocycles. The van der Waals surface area contributed by atoms with Gasteiger partial charge in [-0.25, -0.2) is 9.18 Å². The molecule has 0 saturated carbocycles. The van der Waals surface area contributed by atoms with Crippen LogP contribution in [0.2, 0.25) is 0 Å². The van der Waals surface area contributed by atoms with Gasteiger partial charge < -0.3 is 10.1 Å². The summed E-state index contributed by atoms with van der Waals surface area (Å²) in [5, 5.41) is 8.98. The van der Waals surface area contributed by atoms with Crippen molar-refractivity contribution in [3.63, 3.8) is 0 Å². The average Bonchev–Trinajstić information content (AvgIpc) is 2.96. The molecule has 0 saturated heterocycles. The second kappa shape index (κ2) is 8.67. The van der Waals surface area contributed by atoms with Gasteiger partial charge in [0.05, 0.1) is 0 Å². The molecule has 130 valence electrons. The Morgan fingerprint density at radius 1 is 1.12 bits per heavy atom. The molecule has 0 bridgehead atoms. The van der Waals surface area contributed by atoms with Crippen LogP contribution in [0.4, 0.5) is 4.39 Å². The molecule has 0 atom stereocenters. The van der Waals surface area contributed by atoms with Crippen LogP contribution in [0, 0.1) is 5.82 Å². The highest BCUT2D eigenvalue weighted by atomic mass is 19.1. The van der Waals surface area contributed by atoms with Crippen molar-refractivity contribution in [3.05, 3.63) is 47.0 Å². The van der Waals surface area contributed by atoms with Crippen LogP contribution in [0.3, 0.4) is 0 Å². The molecule has 2 N–H and O–H groups in total. The Morgan fingerprint density at radius 2 is 1.88 bits per heavy atom. The molecule has 4 heteroatoms. The van der Waals surface area contributed by atoms with Crippen molar-refractivity contribution >= 4 is 5.97 Å². The van der Waals surface area contributed by atoms with E-state index in [0.717, 1.165) is 24.0 Å². The first kappa shape index (κ1) is 18.2. The van der Waals surface area contributed by atoms with Crippen LogP contribution in [-0.4, -0.2) is 16.1 Å². The smallest absolute Gasteiger partial charge is 0.355 e. The number of benzene rings is 1. The fraction of sp³-hybridized carbons (Fsp3) is 0.450. The summed E-state index contributed by atoms with van der Waals surface area (Å²) in [6.45, 7) is 4.24. The van der Waals surface area contributed by atoms with Crippen LogP contribution in [0.15, 0.2) is 24.4 Å². The molecule has 2 rings (SSSR count). The number of rotatable bonds is 9. The normalized spacial score (nSPS) is 11.0. The Balaban J connectivity index is 2.16. The van der Waals surface area contributed by atoms with Gasteiger partial charge in [0.1, 0.15) is 0 Å². The second-order valence-corrected chi connectivity index (χ2v) is 6.21. The van der Waals surface area contributed by atoms with E-state index in [4.69, 9.17) is 5.11 Å². The van der Waals surface area contributed by atoms with Gasteiger partial charge in [0.25, 0.3) is 0 Å². The van der Waals surface area contributed by atoms with E-state index in [2.05, 4.69) is 18.0 Å². The highest BCUT2D eigenvalue weighted by Crippen LogP contribution is 2.29. The molecule has 0 aliphatic heterocycles. The van der Waals surface area contributed by atoms with E-state index in [9.17, 15) is 9.18 Å². The third-order valence-corrected chi connectivity index (χ3v) is 4.44. The van der Waals surface area contributed by atoms with E-state index in [-0.39, 0.29) is 5.69 Å². The lowest BCUT2D eigenvalue weighted by atomic mass is 9.95. The molecule has 0 unspecified atom stereocenters. The lowest BCUT2D eigenvalue weighted by Gasteiger charge is -2.10. The number of hydrogen-bond acceptors (Lipinski definition) is 1. The number of hydrogen-bond donors (Lipinski definition) is 2. The minimum atomic E-state index is -1.28. The Labute approximate surface area is 142 Å². The van der Waals surface area contributed by atoms with Crippen LogP contribution in [0.5, 0.6) is 0 Å². The lowest BCUT2D eigenvalue weighted by molar-refractivity contribution is 0.0686. The summed E-state index contributed by atoms with van der Waals surface area (Å²) in [7, 11) is 0. The van der Waals surface area contributed by atoms with E-state index in [1.807, 2.05) is 19.1 Å². The number of aromatic carboxylic acids is 1. The fourth-order valence-electron chi connectivity index (χ4n) is 3.05. The van der Waals surface area contributed by atoms with Crippen molar-refractivity contribution in [2.75, 3.05) is 0 Å². The van der Waals surface area contributed by atoms with Crippen molar-refractivity contribution in [1.82, 2.24) is 4.98 Å². The summed E-state index contributed by atoms with van der Waals surface area (Å²) in [6.07, 6.45) is 9.49. The number of carboxylic acid groups (broad SMARTS) is 1. The molecule has 0 fully saturated rings. The lowest BCUT2D eigenvalue weighted by Crippen LogP contribution is -1.99. The molecule has 0 spiro atoms. The number of aryl methyl sites for hydroxylation is 2. The van der Waals surface area contributed by atoms with Crippen LogP contribution >= 0.6 is 0 Å². The van der Waals surface area contributed by atoms with E-state index < -0.39 is 11.8 Å². The van der Waals surface area contributed by atoms with Gasteiger partial charge in [-0.15, -0.1) is 0 Å². The minimum Gasteiger partial charge on any atom is -0.476 e. The quantitative estimate of drug-likeness (QED) is 0.588. The predicted molar refractivity (Wildman–Crippen MR) is 95.0 cm³/mol. The first-order valence-electron chi connectivity index (χ1n) is 8.80. The second-order valence-electron chi connectivity index (χ2n) is 6.21. The van der Waals surface area contributed by atoms with E-state index in [1.165, 1.54) is 43.9 Å². The first-order chi connectivity index (χ1) is 11.6. The Hall–Kier alpha value is -2.10. The number of aromatic amines is 1.